The van der Waals surface area contributed by atoms with Crippen molar-refractivity contribution in [1.29, 1.82) is 5.26 Å². The minimum atomic E-state index is 0.100. The maximum absolute atomic E-state index is 8.74. The summed E-state index contributed by atoms with van der Waals surface area (Å²) in [6.07, 6.45) is 0. The van der Waals surface area contributed by atoms with Crippen molar-refractivity contribution in [2.24, 2.45) is 0 Å². The van der Waals surface area contributed by atoms with Gasteiger partial charge in [0.2, 0.25) is 0 Å². The van der Waals surface area contributed by atoms with Gasteiger partial charge in [-0.3, -0.25) is 0 Å². The van der Waals surface area contributed by atoms with Crippen LogP contribution in [0.1, 0.15) is 37.0 Å². The molecule has 0 radical (unpaired) electrons. The van der Waals surface area contributed by atoms with Gasteiger partial charge in [-0.15, -0.1) is 11.3 Å². The second kappa shape index (κ2) is 5.41. The Morgan fingerprint density at radius 1 is 1.26 bits per heavy atom. The molecular formula is C15H17N3S. The molecule has 0 amide bonds. The normalized spacial score (nSPS) is 11.1. The maximum Gasteiger partial charge on any atom is 0.112 e. The number of rotatable bonds is 3. The molecule has 0 aliphatic heterocycles. The lowest BCUT2D eigenvalue weighted by Gasteiger charge is -2.14. The summed E-state index contributed by atoms with van der Waals surface area (Å²) in [5.41, 5.74) is 2.92. The zero-order valence-corrected chi connectivity index (χ0v) is 12.2. The van der Waals surface area contributed by atoms with Crippen LogP contribution in [0.2, 0.25) is 0 Å². The third-order valence-corrected chi connectivity index (χ3v) is 3.63. The van der Waals surface area contributed by atoms with Crippen molar-refractivity contribution in [1.82, 2.24) is 4.98 Å². The van der Waals surface area contributed by atoms with Crippen LogP contribution < -0.4 is 5.32 Å². The van der Waals surface area contributed by atoms with Crippen LogP contribution in [-0.2, 0) is 12.0 Å². The summed E-state index contributed by atoms with van der Waals surface area (Å²) >= 11 is 1.68. The van der Waals surface area contributed by atoms with Gasteiger partial charge in [-0.1, -0.05) is 20.8 Å². The number of hydrogen-bond donors (Lipinski definition) is 1. The van der Waals surface area contributed by atoms with Gasteiger partial charge in [-0.25, -0.2) is 4.98 Å². The number of nitrogens with one attached hydrogen (secondary N) is 1. The molecule has 4 heteroatoms. The fourth-order valence-electron chi connectivity index (χ4n) is 1.58. The van der Waals surface area contributed by atoms with Gasteiger partial charge in [0.25, 0.3) is 0 Å². The molecule has 0 saturated carbocycles. The third-order valence-electron chi connectivity index (χ3n) is 2.78. The minimum absolute atomic E-state index is 0.100. The molecule has 0 aliphatic rings. The Labute approximate surface area is 117 Å². The number of benzene rings is 1. The quantitative estimate of drug-likeness (QED) is 0.920. The van der Waals surface area contributed by atoms with E-state index in [1.807, 2.05) is 24.3 Å². The van der Waals surface area contributed by atoms with Crippen molar-refractivity contribution in [3.05, 3.63) is 45.9 Å². The SMILES string of the molecule is CC(C)(C)c1csc(CNc2ccc(C#N)cc2)n1. The second-order valence-electron chi connectivity index (χ2n) is 5.42. The highest BCUT2D eigenvalue weighted by Gasteiger charge is 2.17. The number of nitriles is 1. The number of aromatic nitrogens is 1. The topological polar surface area (TPSA) is 48.7 Å². The van der Waals surface area contributed by atoms with Crippen molar-refractivity contribution in [2.45, 2.75) is 32.7 Å². The average Bonchev–Trinajstić information content (AvgIpc) is 2.86. The van der Waals surface area contributed by atoms with Crippen molar-refractivity contribution >= 4 is 17.0 Å². The van der Waals surface area contributed by atoms with Crippen LogP contribution in [0.4, 0.5) is 5.69 Å². The molecule has 0 aliphatic carbocycles. The van der Waals surface area contributed by atoms with Gasteiger partial charge < -0.3 is 5.32 Å². The highest BCUT2D eigenvalue weighted by Crippen LogP contribution is 2.24. The Bertz CT molecular complexity index is 585. The van der Waals surface area contributed by atoms with Crippen molar-refractivity contribution in [2.75, 3.05) is 5.32 Å². The van der Waals surface area contributed by atoms with Gasteiger partial charge in [0.05, 0.1) is 23.9 Å². The molecule has 1 heterocycles. The molecule has 0 atom stereocenters. The first-order valence-corrected chi connectivity index (χ1v) is 7.06. The van der Waals surface area contributed by atoms with Crippen LogP contribution in [0.5, 0.6) is 0 Å². The molecular weight excluding hydrogens is 254 g/mol. The summed E-state index contributed by atoms with van der Waals surface area (Å²) in [5.74, 6) is 0. The van der Waals surface area contributed by atoms with Crippen LogP contribution >= 0.6 is 11.3 Å². The van der Waals surface area contributed by atoms with E-state index in [0.29, 0.717) is 12.1 Å². The first-order chi connectivity index (χ1) is 8.99. The Kier molecular flexibility index (Phi) is 3.87. The largest absolute Gasteiger partial charge is 0.379 e. The molecule has 0 spiro atoms. The maximum atomic E-state index is 8.74. The Balaban J connectivity index is 1.99. The molecule has 1 aromatic carbocycles. The van der Waals surface area contributed by atoms with Crippen LogP contribution in [0.3, 0.4) is 0 Å². The summed E-state index contributed by atoms with van der Waals surface area (Å²) in [7, 11) is 0. The average molecular weight is 271 g/mol. The summed E-state index contributed by atoms with van der Waals surface area (Å²) in [5, 5.41) is 15.3. The van der Waals surface area contributed by atoms with E-state index in [4.69, 9.17) is 5.26 Å². The predicted octanol–water partition coefficient (Wildman–Crippen LogP) is 3.92. The van der Waals surface area contributed by atoms with Crippen LogP contribution in [-0.4, -0.2) is 4.98 Å². The van der Waals surface area contributed by atoms with Crippen molar-refractivity contribution < 1.29 is 0 Å². The van der Waals surface area contributed by atoms with Crippen LogP contribution in [0.25, 0.3) is 0 Å². The van der Waals surface area contributed by atoms with Gasteiger partial charge >= 0.3 is 0 Å². The van der Waals surface area contributed by atoms with E-state index in [0.717, 1.165) is 16.4 Å². The highest BCUT2D eigenvalue weighted by molar-refractivity contribution is 7.09. The first-order valence-electron chi connectivity index (χ1n) is 6.18. The molecule has 19 heavy (non-hydrogen) atoms. The standard InChI is InChI=1S/C15H17N3S/c1-15(2,3)13-10-19-14(18-13)9-17-12-6-4-11(8-16)5-7-12/h4-7,10,17H,9H2,1-3H3. The van der Waals surface area contributed by atoms with Crippen LogP contribution in [0, 0.1) is 11.3 Å². The molecule has 1 aromatic heterocycles. The van der Waals surface area contributed by atoms with Gasteiger partial charge in [0, 0.05) is 16.5 Å². The van der Waals surface area contributed by atoms with E-state index < -0.39 is 0 Å². The third kappa shape index (κ3) is 3.55. The van der Waals surface area contributed by atoms with E-state index in [2.05, 4.69) is 42.5 Å². The van der Waals surface area contributed by atoms with Crippen molar-refractivity contribution in [3.63, 3.8) is 0 Å². The lowest BCUT2D eigenvalue weighted by Crippen LogP contribution is -2.11. The molecule has 0 saturated heterocycles. The predicted molar refractivity (Wildman–Crippen MR) is 79.3 cm³/mol. The Morgan fingerprint density at radius 2 is 1.95 bits per heavy atom. The molecule has 1 N–H and O–H groups in total. The Hall–Kier alpha value is -1.86. The zero-order valence-electron chi connectivity index (χ0n) is 11.4. The summed E-state index contributed by atoms with van der Waals surface area (Å²) in [4.78, 5) is 4.63. The summed E-state index contributed by atoms with van der Waals surface area (Å²) < 4.78 is 0. The fraction of sp³-hybridized carbons (Fsp3) is 0.333. The number of nitrogens with zero attached hydrogens (tertiary/aromatic N) is 2. The number of thiazole rings is 1. The molecule has 2 aromatic rings. The van der Waals surface area contributed by atoms with E-state index in [1.54, 1.807) is 11.3 Å². The van der Waals surface area contributed by atoms with Gasteiger partial charge in [-0.2, -0.15) is 5.26 Å². The monoisotopic (exact) mass is 271 g/mol. The van der Waals surface area contributed by atoms with E-state index in [-0.39, 0.29) is 5.41 Å². The van der Waals surface area contributed by atoms with E-state index >= 15 is 0 Å². The van der Waals surface area contributed by atoms with E-state index in [1.165, 1.54) is 0 Å². The van der Waals surface area contributed by atoms with Gasteiger partial charge in [-0.05, 0) is 24.3 Å². The molecule has 2 rings (SSSR count). The molecule has 98 valence electrons. The number of anilines is 1. The first kappa shape index (κ1) is 13.6. The zero-order chi connectivity index (χ0) is 13.9. The van der Waals surface area contributed by atoms with Gasteiger partial charge in [0.15, 0.2) is 0 Å². The highest BCUT2D eigenvalue weighted by atomic mass is 32.1. The molecule has 0 fully saturated rings. The molecule has 0 unspecified atom stereocenters. The van der Waals surface area contributed by atoms with Gasteiger partial charge in [0.1, 0.15) is 5.01 Å². The lowest BCUT2D eigenvalue weighted by molar-refractivity contribution is 0.571. The summed E-state index contributed by atoms with van der Waals surface area (Å²) in [6, 6.07) is 9.56. The van der Waals surface area contributed by atoms with Crippen LogP contribution in [0.15, 0.2) is 29.6 Å². The fourth-order valence-corrected chi connectivity index (χ4v) is 2.54. The van der Waals surface area contributed by atoms with Crippen molar-refractivity contribution in [3.8, 4) is 6.07 Å². The lowest BCUT2D eigenvalue weighted by atomic mass is 9.93. The minimum Gasteiger partial charge on any atom is -0.379 e. The molecule has 3 nitrogen and oxygen atoms in total. The number of hydrogen-bond acceptors (Lipinski definition) is 4. The smallest absolute Gasteiger partial charge is 0.112 e. The van der Waals surface area contributed by atoms with E-state index in [9.17, 15) is 0 Å². The second-order valence-corrected chi connectivity index (χ2v) is 6.36. The summed E-state index contributed by atoms with van der Waals surface area (Å²) in [6.45, 7) is 7.21. The Morgan fingerprint density at radius 3 is 2.47 bits per heavy atom. The molecule has 0 bridgehead atoms.